The smallest absolute Gasteiger partial charge is 0.266 e. The number of carbonyl (C=O) groups excluding carboxylic acids is 1. The Labute approximate surface area is 168 Å². The van der Waals surface area contributed by atoms with Crippen molar-refractivity contribution in [2.45, 2.75) is 0 Å². The number of ether oxygens (including phenoxy) is 1. The SMILES string of the molecule is C=CCOc1ccc(Br)cc1/C=C(\C#N)C(=O)Nc1ccccc1I. The maximum absolute atomic E-state index is 12.4. The molecule has 0 saturated heterocycles. The number of nitrogens with one attached hydrogen (secondary N) is 1. The highest BCUT2D eigenvalue weighted by Gasteiger charge is 2.13. The summed E-state index contributed by atoms with van der Waals surface area (Å²) in [4.78, 5) is 12.4. The molecule has 4 nitrogen and oxygen atoms in total. The molecule has 6 heteroatoms. The summed E-state index contributed by atoms with van der Waals surface area (Å²) in [5.41, 5.74) is 1.28. The van der Waals surface area contributed by atoms with Crippen LogP contribution in [0.15, 0.2) is 65.2 Å². The van der Waals surface area contributed by atoms with E-state index in [1.807, 2.05) is 30.3 Å². The number of nitrogens with zero attached hydrogens (tertiary/aromatic N) is 1. The first-order valence-corrected chi connectivity index (χ1v) is 9.13. The molecule has 0 aromatic heterocycles. The molecule has 2 aromatic rings. The van der Waals surface area contributed by atoms with Gasteiger partial charge >= 0.3 is 0 Å². The normalized spacial score (nSPS) is 10.7. The van der Waals surface area contributed by atoms with Gasteiger partial charge < -0.3 is 10.1 Å². The van der Waals surface area contributed by atoms with Gasteiger partial charge in [-0.2, -0.15) is 5.26 Å². The largest absolute Gasteiger partial charge is 0.489 e. The van der Waals surface area contributed by atoms with E-state index < -0.39 is 5.91 Å². The average molecular weight is 509 g/mol. The van der Waals surface area contributed by atoms with E-state index in [0.717, 1.165) is 8.04 Å². The van der Waals surface area contributed by atoms with Crippen LogP contribution in [-0.2, 0) is 4.79 Å². The quantitative estimate of drug-likeness (QED) is 0.253. The zero-order valence-electron chi connectivity index (χ0n) is 13.1. The first kappa shape index (κ1) is 19.2. The summed E-state index contributed by atoms with van der Waals surface area (Å²) in [5.74, 6) is 0.0965. The summed E-state index contributed by atoms with van der Waals surface area (Å²) in [6.45, 7) is 3.95. The molecule has 1 amide bonds. The summed E-state index contributed by atoms with van der Waals surface area (Å²) in [5, 5.41) is 12.1. The van der Waals surface area contributed by atoms with Crippen molar-refractivity contribution in [1.82, 2.24) is 0 Å². The molecule has 0 saturated carbocycles. The van der Waals surface area contributed by atoms with Crippen LogP contribution < -0.4 is 10.1 Å². The molecule has 0 bridgehead atoms. The minimum Gasteiger partial charge on any atom is -0.489 e. The Morgan fingerprint density at radius 2 is 2.12 bits per heavy atom. The molecular weight excluding hydrogens is 495 g/mol. The second kappa shape index (κ2) is 9.39. The van der Waals surface area contributed by atoms with E-state index >= 15 is 0 Å². The van der Waals surface area contributed by atoms with Crippen molar-refractivity contribution in [3.05, 3.63) is 74.3 Å². The zero-order chi connectivity index (χ0) is 18.2. The summed E-state index contributed by atoms with van der Waals surface area (Å²) in [6.07, 6.45) is 3.14. The Morgan fingerprint density at radius 3 is 2.80 bits per heavy atom. The number of carbonyl (C=O) groups is 1. The molecule has 0 fully saturated rings. The van der Waals surface area contributed by atoms with Crippen LogP contribution >= 0.6 is 38.5 Å². The zero-order valence-corrected chi connectivity index (χ0v) is 16.9. The molecule has 0 atom stereocenters. The molecule has 2 aromatic carbocycles. The molecule has 1 N–H and O–H groups in total. The third kappa shape index (κ3) is 5.44. The average Bonchev–Trinajstić information content (AvgIpc) is 2.60. The molecular formula is C19H14BrIN2O2. The van der Waals surface area contributed by atoms with Crippen molar-refractivity contribution in [2.75, 3.05) is 11.9 Å². The van der Waals surface area contributed by atoms with Crippen molar-refractivity contribution in [3.8, 4) is 11.8 Å². The molecule has 0 spiro atoms. The molecule has 0 aliphatic carbocycles. The van der Waals surface area contributed by atoms with E-state index in [1.165, 1.54) is 6.08 Å². The lowest BCUT2D eigenvalue weighted by Crippen LogP contribution is -2.14. The summed E-state index contributed by atoms with van der Waals surface area (Å²) >= 11 is 5.51. The number of rotatable bonds is 6. The number of hydrogen-bond acceptors (Lipinski definition) is 3. The van der Waals surface area contributed by atoms with E-state index in [9.17, 15) is 10.1 Å². The minimum atomic E-state index is -0.471. The van der Waals surface area contributed by atoms with E-state index in [-0.39, 0.29) is 5.57 Å². The van der Waals surface area contributed by atoms with Crippen molar-refractivity contribution < 1.29 is 9.53 Å². The van der Waals surface area contributed by atoms with Crippen LogP contribution in [0.3, 0.4) is 0 Å². The fraction of sp³-hybridized carbons (Fsp3) is 0.0526. The lowest BCUT2D eigenvalue weighted by Gasteiger charge is -2.09. The summed E-state index contributed by atoms with van der Waals surface area (Å²) in [6, 6.07) is 14.7. The maximum atomic E-state index is 12.4. The van der Waals surface area contributed by atoms with Crippen molar-refractivity contribution in [1.29, 1.82) is 5.26 Å². The Kier molecular flexibility index (Phi) is 7.22. The fourth-order valence-corrected chi connectivity index (χ4v) is 2.87. The highest BCUT2D eigenvalue weighted by molar-refractivity contribution is 14.1. The van der Waals surface area contributed by atoms with Crippen LogP contribution in [0, 0.1) is 14.9 Å². The van der Waals surface area contributed by atoms with Gasteiger partial charge in [-0.25, -0.2) is 0 Å². The topological polar surface area (TPSA) is 62.1 Å². The Morgan fingerprint density at radius 1 is 1.36 bits per heavy atom. The predicted molar refractivity (Wildman–Crippen MR) is 111 cm³/mol. The lowest BCUT2D eigenvalue weighted by molar-refractivity contribution is -0.112. The second-order valence-corrected chi connectivity index (χ2v) is 6.96. The monoisotopic (exact) mass is 508 g/mol. The molecule has 25 heavy (non-hydrogen) atoms. The van der Waals surface area contributed by atoms with Crippen molar-refractivity contribution in [3.63, 3.8) is 0 Å². The number of anilines is 1. The lowest BCUT2D eigenvalue weighted by atomic mass is 10.1. The van der Waals surface area contributed by atoms with Gasteiger partial charge in [-0.1, -0.05) is 40.7 Å². The number of amides is 1. The van der Waals surface area contributed by atoms with Crippen molar-refractivity contribution in [2.24, 2.45) is 0 Å². The predicted octanol–water partition coefficient (Wildman–Crippen LogP) is 5.16. The number of nitriles is 1. The standard InChI is InChI=1S/C19H14BrIN2O2/c1-2-9-25-18-8-7-15(20)11-13(18)10-14(12-22)19(24)23-17-6-4-3-5-16(17)21/h2-8,10-11H,1,9H2,(H,23,24)/b14-10+. The van der Waals surface area contributed by atoms with Gasteiger partial charge in [-0.15, -0.1) is 0 Å². The van der Waals surface area contributed by atoms with Crippen molar-refractivity contribution >= 4 is 56.2 Å². The van der Waals surface area contributed by atoms with Gasteiger partial charge in [0.15, 0.2) is 0 Å². The Balaban J connectivity index is 2.32. The highest BCUT2D eigenvalue weighted by Crippen LogP contribution is 2.26. The van der Waals surface area contributed by atoms with E-state index in [0.29, 0.717) is 23.6 Å². The van der Waals surface area contributed by atoms with Crippen LogP contribution in [0.25, 0.3) is 6.08 Å². The number of hydrogen-bond donors (Lipinski definition) is 1. The first-order valence-electron chi connectivity index (χ1n) is 7.26. The molecule has 126 valence electrons. The van der Waals surface area contributed by atoms with E-state index in [4.69, 9.17) is 4.74 Å². The molecule has 0 aliphatic rings. The number of para-hydroxylation sites is 1. The van der Waals surface area contributed by atoms with Gasteiger partial charge in [0.25, 0.3) is 5.91 Å². The van der Waals surface area contributed by atoms with Crippen LogP contribution in [0.4, 0.5) is 5.69 Å². The molecule has 0 unspecified atom stereocenters. The van der Waals surface area contributed by atoms with Gasteiger partial charge in [-0.05, 0) is 59.0 Å². The Hall–Kier alpha value is -2.11. The van der Waals surface area contributed by atoms with Gasteiger partial charge in [0.05, 0.1) is 5.69 Å². The molecule has 0 aliphatic heterocycles. The summed E-state index contributed by atoms with van der Waals surface area (Å²) < 4.78 is 7.29. The summed E-state index contributed by atoms with van der Waals surface area (Å²) in [7, 11) is 0. The number of benzene rings is 2. The van der Waals surface area contributed by atoms with Gasteiger partial charge in [0.2, 0.25) is 0 Å². The van der Waals surface area contributed by atoms with Crippen LogP contribution in [0.5, 0.6) is 5.75 Å². The Bertz CT molecular complexity index is 872. The first-order chi connectivity index (χ1) is 12.0. The molecule has 0 heterocycles. The fourth-order valence-electron chi connectivity index (χ4n) is 1.97. The van der Waals surface area contributed by atoms with Crippen LogP contribution in [-0.4, -0.2) is 12.5 Å². The van der Waals surface area contributed by atoms with Gasteiger partial charge in [-0.3, -0.25) is 4.79 Å². The van der Waals surface area contributed by atoms with Crippen LogP contribution in [0.2, 0.25) is 0 Å². The second-order valence-electron chi connectivity index (χ2n) is 4.89. The van der Waals surface area contributed by atoms with Gasteiger partial charge in [0.1, 0.15) is 24.0 Å². The highest BCUT2D eigenvalue weighted by atomic mass is 127. The molecule has 0 radical (unpaired) electrons. The van der Waals surface area contributed by atoms with Gasteiger partial charge in [0, 0.05) is 13.6 Å². The maximum Gasteiger partial charge on any atom is 0.266 e. The van der Waals surface area contributed by atoms with Crippen LogP contribution in [0.1, 0.15) is 5.56 Å². The van der Waals surface area contributed by atoms with E-state index in [2.05, 4.69) is 50.4 Å². The molecule has 2 rings (SSSR count). The number of halogens is 2. The third-order valence-corrected chi connectivity index (χ3v) is 4.55. The van der Waals surface area contributed by atoms with E-state index in [1.54, 1.807) is 24.3 Å². The minimum absolute atomic E-state index is 0.0128. The third-order valence-electron chi connectivity index (χ3n) is 3.12.